The smallest absolute Gasteiger partial charge is 0.255 e. The third kappa shape index (κ3) is 2.65. The second-order valence-corrected chi connectivity index (χ2v) is 5.29. The van der Waals surface area contributed by atoms with Gasteiger partial charge in [0.1, 0.15) is 5.82 Å². The van der Waals surface area contributed by atoms with Crippen LogP contribution in [-0.2, 0) is 6.54 Å². The number of hydrogen-bond donors (Lipinski definition) is 0. The SMILES string of the molecule is O=C(c1cncc(F)c1)N1CC(Cn2cc(Cl)cn2)C1. The molecule has 1 aliphatic rings. The number of carbonyl (C=O) groups excluding carboxylic acids is 1. The first kappa shape index (κ1) is 13.1. The lowest BCUT2D eigenvalue weighted by Gasteiger charge is -2.39. The van der Waals surface area contributed by atoms with Crippen molar-refractivity contribution >= 4 is 17.5 Å². The van der Waals surface area contributed by atoms with Gasteiger partial charge < -0.3 is 4.90 Å². The number of nitrogens with zero attached hydrogens (tertiary/aromatic N) is 4. The predicted octanol–water partition coefficient (Wildman–Crippen LogP) is 1.84. The van der Waals surface area contributed by atoms with Crippen molar-refractivity contribution in [1.29, 1.82) is 0 Å². The summed E-state index contributed by atoms with van der Waals surface area (Å²) < 4.78 is 14.8. The van der Waals surface area contributed by atoms with Gasteiger partial charge in [-0.05, 0) is 6.07 Å². The van der Waals surface area contributed by atoms with Gasteiger partial charge in [0, 0.05) is 37.9 Å². The van der Waals surface area contributed by atoms with Crippen LogP contribution in [0.25, 0.3) is 0 Å². The molecule has 1 aliphatic heterocycles. The Morgan fingerprint density at radius 2 is 2.20 bits per heavy atom. The van der Waals surface area contributed by atoms with Crippen molar-refractivity contribution in [1.82, 2.24) is 19.7 Å². The van der Waals surface area contributed by atoms with Crippen LogP contribution in [-0.4, -0.2) is 38.7 Å². The molecule has 0 saturated carbocycles. The lowest BCUT2D eigenvalue weighted by molar-refractivity contribution is 0.0460. The predicted molar refractivity (Wildman–Crippen MR) is 70.8 cm³/mol. The maximum Gasteiger partial charge on any atom is 0.255 e. The van der Waals surface area contributed by atoms with Crippen molar-refractivity contribution in [3.63, 3.8) is 0 Å². The van der Waals surface area contributed by atoms with Gasteiger partial charge in [-0.2, -0.15) is 5.10 Å². The zero-order valence-corrected chi connectivity index (χ0v) is 11.3. The highest BCUT2D eigenvalue weighted by atomic mass is 35.5. The Morgan fingerprint density at radius 3 is 2.85 bits per heavy atom. The molecule has 5 nitrogen and oxygen atoms in total. The molecule has 0 atom stereocenters. The Hall–Kier alpha value is -1.95. The molecule has 1 saturated heterocycles. The summed E-state index contributed by atoms with van der Waals surface area (Å²) in [6.07, 6.45) is 5.80. The topological polar surface area (TPSA) is 51.0 Å². The van der Waals surface area contributed by atoms with E-state index in [1.54, 1.807) is 22.0 Å². The Morgan fingerprint density at radius 1 is 1.40 bits per heavy atom. The maximum atomic E-state index is 13.0. The number of aromatic nitrogens is 3. The van der Waals surface area contributed by atoms with Crippen molar-refractivity contribution in [2.24, 2.45) is 5.92 Å². The van der Waals surface area contributed by atoms with Crippen LogP contribution in [0.2, 0.25) is 5.02 Å². The fraction of sp³-hybridized carbons (Fsp3) is 0.308. The number of hydrogen-bond acceptors (Lipinski definition) is 3. The van der Waals surface area contributed by atoms with Crippen LogP contribution in [0, 0.1) is 11.7 Å². The normalized spacial score (nSPS) is 15.2. The van der Waals surface area contributed by atoms with Crippen LogP contribution in [0.4, 0.5) is 4.39 Å². The molecule has 0 spiro atoms. The van der Waals surface area contributed by atoms with E-state index < -0.39 is 5.82 Å². The second-order valence-electron chi connectivity index (χ2n) is 4.85. The van der Waals surface area contributed by atoms with Gasteiger partial charge in [0.05, 0.1) is 23.0 Å². The minimum atomic E-state index is -0.501. The highest BCUT2D eigenvalue weighted by Crippen LogP contribution is 2.20. The molecule has 20 heavy (non-hydrogen) atoms. The van der Waals surface area contributed by atoms with Gasteiger partial charge in [-0.1, -0.05) is 11.6 Å². The number of amides is 1. The Kier molecular flexibility index (Phi) is 3.40. The van der Waals surface area contributed by atoms with Crippen molar-refractivity contribution in [2.45, 2.75) is 6.54 Å². The third-order valence-corrected chi connectivity index (χ3v) is 3.44. The molecule has 2 aromatic heterocycles. The van der Waals surface area contributed by atoms with Gasteiger partial charge in [0.25, 0.3) is 5.91 Å². The number of carbonyl (C=O) groups is 1. The van der Waals surface area contributed by atoms with E-state index in [0.29, 0.717) is 24.0 Å². The van der Waals surface area contributed by atoms with Gasteiger partial charge in [-0.25, -0.2) is 4.39 Å². The van der Waals surface area contributed by atoms with Gasteiger partial charge in [0.2, 0.25) is 0 Å². The van der Waals surface area contributed by atoms with E-state index in [-0.39, 0.29) is 11.5 Å². The molecule has 2 aromatic rings. The van der Waals surface area contributed by atoms with Crippen molar-refractivity contribution in [2.75, 3.05) is 13.1 Å². The Labute approximate surface area is 120 Å². The third-order valence-electron chi connectivity index (χ3n) is 3.24. The highest BCUT2D eigenvalue weighted by Gasteiger charge is 2.31. The molecule has 1 amide bonds. The first-order valence-electron chi connectivity index (χ1n) is 6.19. The summed E-state index contributed by atoms with van der Waals surface area (Å²) in [5, 5.41) is 4.70. The molecular weight excluding hydrogens is 283 g/mol. The summed E-state index contributed by atoms with van der Waals surface area (Å²) in [5.41, 5.74) is 0.283. The molecule has 0 aliphatic carbocycles. The molecule has 0 radical (unpaired) electrons. The lowest BCUT2D eigenvalue weighted by atomic mass is 9.99. The number of pyridine rings is 1. The molecule has 7 heteroatoms. The fourth-order valence-electron chi connectivity index (χ4n) is 2.27. The molecule has 1 fully saturated rings. The molecule has 0 unspecified atom stereocenters. The average Bonchev–Trinajstić information content (AvgIpc) is 2.78. The maximum absolute atomic E-state index is 13.0. The van der Waals surface area contributed by atoms with Gasteiger partial charge in [0.15, 0.2) is 0 Å². The minimum Gasteiger partial charge on any atom is -0.338 e. The van der Waals surface area contributed by atoms with Gasteiger partial charge in [-0.3, -0.25) is 14.5 Å². The van der Waals surface area contributed by atoms with E-state index in [9.17, 15) is 9.18 Å². The minimum absolute atomic E-state index is 0.188. The van der Waals surface area contributed by atoms with Gasteiger partial charge in [-0.15, -0.1) is 0 Å². The van der Waals surface area contributed by atoms with Crippen molar-refractivity contribution in [3.8, 4) is 0 Å². The standard InChI is InChI=1S/C13H12ClFN4O/c14-11-3-17-19(8-11)7-9-5-18(6-9)13(20)10-1-12(15)4-16-2-10/h1-4,8-9H,5-7H2. The molecular formula is C13H12ClFN4O. The van der Waals surface area contributed by atoms with Crippen LogP contribution < -0.4 is 0 Å². The summed E-state index contributed by atoms with van der Waals surface area (Å²) in [6, 6.07) is 1.20. The van der Waals surface area contributed by atoms with E-state index in [1.165, 1.54) is 12.3 Å². The molecule has 0 bridgehead atoms. The Bertz CT molecular complexity index is 639. The number of likely N-dealkylation sites (tertiary alicyclic amines) is 1. The highest BCUT2D eigenvalue weighted by molar-refractivity contribution is 6.30. The summed E-state index contributed by atoms with van der Waals surface area (Å²) in [5.74, 6) is -0.345. The zero-order chi connectivity index (χ0) is 14.1. The van der Waals surface area contributed by atoms with Crippen LogP contribution in [0.1, 0.15) is 10.4 Å². The zero-order valence-electron chi connectivity index (χ0n) is 10.5. The first-order chi connectivity index (χ1) is 9.61. The first-order valence-corrected chi connectivity index (χ1v) is 6.57. The summed E-state index contributed by atoms with van der Waals surface area (Å²) in [6.45, 7) is 1.98. The monoisotopic (exact) mass is 294 g/mol. The van der Waals surface area contributed by atoms with E-state index in [1.807, 2.05) is 0 Å². The summed E-state index contributed by atoms with van der Waals surface area (Å²) >= 11 is 5.79. The van der Waals surface area contributed by atoms with Crippen LogP contribution in [0.15, 0.2) is 30.9 Å². The van der Waals surface area contributed by atoms with Crippen molar-refractivity contribution < 1.29 is 9.18 Å². The molecule has 0 N–H and O–H groups in total. The largest absolute Gasteiger partial charge is 0.338 e. The molecule has 0 aromatic carbocycles. The fourth-order valence-corrected chi connectivity index (χ4v) is 2.42. The van der Waals surface area contributed by atoms with Crippen molar-refractivity contribution in [3.05, 3.63) is 47.3 Å². The van der Waals surface area contributed by atoms with E-state index in [0.717, 1.165) is 12.7 Å². The molecule has 3 rings (SSSR count). The quantitative estimate of drug-likeness (QED) is 0.868. The Balaban J connectivity index is 1.56. The van der Waals surface area contributed by atoms with E-state index >= 15 is 0 Å². The summed E-state index contributed by atoms with van der Waals surface area (Å²) in [7, 11) is 0. The van der Waals surface area contributed by atoms with E-state index in [2.05, 4.69) is 10.1 Å². The number of rotatable bonds is 3. The number of halogens is 2. The van der Waals surface area contributed by atoms with Crippen LogP contribution in [0.5, 0.6) is 0 Å². The summed E-state index contributed by atoms with van der Waals surface area (Å²) in [4.78, 5) is 17.4. The lowest BCUT2D eigenvalue weighted by Crippen LogP contribution is -2.51. The second kappa shape index (κ2) is 5.20. The van der Waals surface area contributed by atoms with E-state index in [4.69, 9.17) is 11.6 Å². The van der Waals surface area contributed by atoms with Crippen LogP contribution in [0.3, 0.4) is 0 Å². The molecule has 3 heterocycles. The van der Waals surface area contributed by atoms with Gasteiger partial charge >= 0.3 is 0 Å². The molecule has 104 valence electrons. The average molecular weight is 295 g/mol. The van der Waals surface area contributed by atoms with Crippen LogP contribution >= 0.6 is 11.6 Å².